The van der Waals surface area contributed by atoms with Crippen LogP contribution in [0, 0.1) is 11.2 Å². The molecule has 0 spiro atoms. The van der Waals surface area contributed by atoms with Crippen LogP contribution in [0.2, 0.25) is 10.0 Å². The number of morpholine rings is 1. The molecule has 0 aliphatic carbocycles. The number of benzene rings is 1. The van der Waals surface area contributed by atoms with Crippen LogP contribution in [-0.4, -0.2) is 75.9 Å². The summed E-state index contributed by atoms with van der Waals surface area (Å²) in [6, 6.07) is 2.69. The summed E-state index contributed by atoms with van der Waals surface area (Å²) in [6.07, 6.45) is 1.56. The third-order valence-electron chi connectivity index (χ3n) is 5.27. The first-order valence-electron chi connectivity index (χ1n) is 10.1. The van der Waals surface area contributed by atoms with E-state index in [1.54, 1.807) is 6.08 Å². The van der Waals surface area contributed by atoms with Gasteiger partial charge in [0.15, 0.2) is 5.82 Å². The number of aromatic nitrogens is 3. The van der Waals surface area contributed by atoms with Crippen LogP contribution >= 0.6 is 23.2 Å². The smallest absolute Gasteiger partial charge is 0.199 e. The van der Waals surface area contributed by atoms with Gasteiger partial charge in [-0.3, -0.25) is 20.4 Å². The molecule has 1 fully saturated rings. The van der Waals surface area contributed by atoms with Crippen LogP contribution in [0.25, 0.3) is 0 Å². The Hall–Kier alpha value is -2.53. The van der Waals surface area contributed by atoms with Crippen molar-refractivity contribution >= 4 is 34.7 Å². The van der Waals surface area contributed by atoms with E-state index in [1.165, 1.54) is 12.1 Å². The van der Waals surface area contributed by atoms with Gasteiger partial charge in [0.05, 0.1) is 37.0 Å². The second-order valence-electron chi connectivity index (χ2n) is 7.45. The highest BCUT2D eigenvalue weighted by molar-refractivity contribution is 6.36. The molecule has 0 atom stereocenters. The molecule has 3 heterocycles. The van der Waals surface area contributed by atoms with Crippen molar-refractivity contribution in [2.24, 2.45) is 10.7 Å². The molecule has 2 aliphatic heterocycles. The molecule has 1 aromatic carbocycles. The first kappa shape index (κ1) is 22.7. The molecule has 4 rings (SSSR count). The Kier molecular flexibility index (Phi) is 7.04. The molecule has 32 heavy (non-hydrogen) atoms. The Balaban J connectivity index is 1.53. The highest BCUT2D eigenvalue weighted by Gasteiger charge is 2.23. The maximum atomic E-state index is 14.0. The zero-order valence-corrected chi connectivity index (χ0v) is 18.8. The summed E-state index contributed by atoms with van der Waals surface area (Å²) in [7, 11) is 0. The average Bonchev–Trinajstić information content (AvgIpc) is 3.25. The van der Waals surface area contributed by atoms with Gasteiger partial charge in [-0.25, -0.2) is 9.37 Å². The third kappa shape index (κ3) is 5.09. The highest BCUT2D eigenvalue weighted by Crippen LogP contribution is 2.30. The minimum atomic E-state index is -0.545. The molecule has 0 saturated carbocycles. The summed E-state index contributed by atoms with van der Waals surface area (Å²) < 4.78 is 19.3. The van der Waals surface area contributed by atoms with E-state index in [2.05, 4.69) is 25.1 Å². The molecule has 0 radical (unpaired) electrons. The number of amidine groups is 1. The number of allylic oxidation sites excluding steroid dienone is 1. The number of hydrogen-bond acceptors (Lipinski definition) is 8. The number of halogens is 3. The number of H-pyrrole nitrogens is 1. The molecular formula is C20H23Cl2FN8O. The number of nitrogens with one attached hydrogen (secondary N) is 2. The van der Waals surface area contributed by atoms with Gasteiger partial charge >= 0.3 is 0 Å². The zero-order chi connectivity index (χ0) is 22.7. The summed E-state index contributed by atoms with van der Waals surface area (Å²) in [4.78, 5) is 12.8. The molecule has 9 nitrogen and oxygen atoms in total. The van der Waals surface area contributed by atoms with Crippen molar-refractivity contribution in [3.8, 4) is 0 Å². The Bertz CT molecular complexity index is 1060. The number of nitrogens with two attached hydrogens (primary N) is 1. The number of aliphatic imine (C=N–C) groups is 1. The van der Waals surface area contributed by atoms with E-state index in [1.807, 2.05) is 4.90 Å². The zero-order valence-electron chi connectivity index (χ0n) is 17.2. The molecule has 12 heteroatoms. The van der Waals surface area contributed by atoms with Crippen LogP contribution < -0.4 is 5.73 Å². The number of ether oxygens (including phenoxy) is 1. The van der Waals surface area contributed by atoms with Crippen LogP contribution in [0.4, 0.5) is 4.39 Å². The summed E-state index contributed by atoms with van der Waals surface area (Å²) in [5.74, 6) is 0.650. The average molecular weight is 481 g/mol. The third-order valence-corrected chi connectivity index (χ3v) is 6.04. The van der Waals surface area contributed by atoms with Gasteiger partial charge in [0.2, 0.25) is 0 Å². The van der Waals surface area contributed by atoms with Gasteiger partial charge in [-0.15, -0.1) is 0 Å². The van der Waals surface area contributed by atoms with Crippen molar-refractivity contribution in [2.45, 2.75) is 13.1 Å². The topological polar surface area (TPSA) is 120 Å². The maximum absolute atomic E-state index is 14.0. The van der Waals surface area contributed by atoms with Crippen molar-refractivity contribution in [2.75, 3.05) is 39.4 Å². The molecule has 4 N–H and O–H groups in total. The second kappa shape index (κ2) is 9.95. The van der Waals surface area contributed by atoms with Crippen molar-refractivity contribution in [3.05, 3.63) is 57.0 Å². The monoisotopic (exact) mass is 480 g/mol. The van der Waals surface area contributed by atoms with Gasteiger partial charge < -0.3 is 15.4 Å². The van der Waals surface area contributed by atoms with Crippen LogP contribution in [0.15, 0.2) is 28.9 Å². The fraction of sp³-hybridized carbons (Fsp3) is 0.400. The predicted molar refractivity (Wildman–Crippen MR) is 121 cm³/mol. The number of hydrogen-bond donors (Lipinski definition) is 3. The lowest BCUT2D eigenvalue weighted by Crippen LogP contribution is -2.38. The van der Waals surface area contributed by atoms with Crippen LogP contribution in [0.5, 0.6) is 0 Å². The molecule has 170 valence electrons. The van der Waals surface area contributed by atoms with Gasteiger partial charge in [0.25, 0.3) is 0 Å². The number of aromatic amines is 1. The van der Waals surface area contributed by atoms with Gasteiger partial charge in [0, 0.05) is 36.8 Å². The van der Waals surface area contributed by atoms with Gasteiger partial charge in [-0.05, 0) is 18.2 Å². The lowest BCUT2D eigenvalue weighted by Gasteiger charge is -2.30. The SMILES string of the molecule is N=C(/C=C1\C(N)=NCCN1Cc1c(Cl)ccc(F)c1Cl)c1n[nH]c(CN2CCOCC2)n1. The van der Waals surface area contributed by atoms with Gasteiger partial charge in [-0.1, -0.05) is 23.2 Å². The molecule has 2 aliphatic rings. The maximum Gasteiger partial charge on any atom is 0.199 e. The fourth-order valence-electron chi connectivity index (χ4n) is 3.55. The Morgan fingerprint density at radius 3 is 2.81 bits per heavy atom. The Labute approximate surface area is 194 Å². The predicted octanol–water partition coefficient (Wildman–Crippen LogP) is 2.21. The minimum Gasteiger partial charge on any atom is -0.382 e. The van der Waals surface area contributed by atoms with Crippen LogP contribution in [-0.2, 0) is 17.8 Å². The number of rotatable bonds is 6. The van der Waals surface area contributed by atoms with E-state index in [4.69, 9.17) is 39.1 Å². The van der Waals surface area contributed by atoms with Gasteiger partial charge in [0.1, 0.15) is 23.2 Å². The quantitative estimate of drug-likeness (QED) is 0.430. The van der Waals surface area contributed by atoms with E-state index in [9.17, 15) is 4.39 Å². The molecule has 0 amide bonds. The Morgan fingerprint density at radius 1 is 1.25 bits per heavy atom. The standard InChI is InChI=1S/C20H23Cl2FN8O/c21-13-1-2-14(23)18(22)12(13)10-31-4-3-26-19(25)16(31)9-15(24)20-27-17(28-29-20)11-30-5-7-32-8-6-30/h1-2,9,24H,3-8,10-11H2,(H2,25,26)(H,27,28,29)/b16-9+,24-15?. The Morgan fingerprint density at radius 2 is 2.03 bits per heavy atom. The van der Waals surface area contributed by atoms with Crippen LogP contribution in [0.3, 0.4) is 0 Å². The highest BCUT2D eigenvalue weighted by atomic mass is 35.5. The normalized spacial score (nSPS) is 18.8. The minimum absolute atomic E-state index is 0.0327. The van der Waals surface area contributed by atoms with E-state index in [0.29, 0.717) is 55.0 Å². The largest absolute Gasteiger partial charge is 0.382 e. The molecule has 2 aromatic rings. The second-order valence-corrected chi connectivity index (χ2v) is 8.23. The van der Waals surface area contributed by atoms with Gasteiger partial charge in [-0.2, -0.15) is 5.10 Å². The molecule has 1 saturated heterocycles. The first-order chi connectivity index (χ1) is 15.4. The summed E-state index contributed by atoms with van der Waals surface area (Å²) in [6.45, 7) is 4.83. The summed E-state index contributed by atoms with van der Waals surface area (Å²) in [5.41, 5.74) is 7.16. The van der Waals surface area contributed by atoms with Crippen molar-refractivity contribution in [1.29, 1.82) is 5.41 Å². The molecule has 0 unspecified atom stereocenters. The summed E-state index contributed by atoms with van der Waals surface area (Å²) >= 11 is 12.4. The molecular weight excluding hydrogens is 458 g/mol. The van der Waals surface area contributed by atoms with E-state index in [-0.39, 0.29) is 28.9 Å². The molecule has 0 bridgehead atoms. The lowest BCUT2D eigenvalue weighted by atomic mass is 10.1. The summed E-state index contributed by atoms with van der Waals surface area (Å²) in [5, 5.41) is 15.9. The van der Waals surface area contributed by atoms with E-state index < -0.39 is 5.82 Å². The lowest BCUT2D eigenvalue weighted by molar-refractivity contribution is 0.0331. The molecule has 1 aromatic heterocycles. The van der Waals surface area contributed by atoms with E-state index in [0.717, 1.165) is 13.1 Å². The van der Waals surface area contributed by atoms with Crippen molar-refractivity contribution in [3.63, 3.8) is 0 Å². The fourth-order valence-corrected chi connectivity index (χ4v) is 4.04. The number of nitrogens with zero attached hydrogens (tertiary/aromatic N) is 5. The van der Waals surface area contributed by atoms with E-state index >= 15 is 0 Å². The van der Waals surface area contributed by atoms with Crippen molar-refractivity contribution in [1.82, 2.24) is 25.0 Å². The first-order valence-corrected chi connectivity index (χ1v) is 10.9. The van der Waals surface area contributed by atoms with Crippen LogP contribution in [0.1, 0.15) is 17.2 Å². The van der Waals surface area contributed by atoms with Crippen molar-refractivity contribution < 1.29 is 9.13 Å².